The van der Waals surface area contributed by atoms with Gasteiger partial charge in [0.05, 0.1) is 25.4 Å². The molecule has 11 nitrogen and oxygen atoms in total. The van der Waals surface area contributed by atoms with Crippen molar-refractivity contribution in [3.05, 3.63) is 85.1 Å². The molecule has 0 saturated carbocycles. The molecule has 0 aliphatic carbocycles. The lowest BCUT2D eigenvalue weighted by Gasteiger charge is -2.41. The van der Waals surface area contributed by atoms with Gasteiger partial charge in [-0.3, -0.25) is 9.59 Å². The van der Waals surface area contributed by atoms with Crippen LogP contribution < -0.4 is 5.32 Å². The highest BCUT2D eigenvalue weighted by atomic mass is 16.7. The van der Waals surface area contributed by atoms with Gasteiger partial charge in [0.1, 0.15) is 24.4 Å². The standard InChI is InChI=1S/C67H117NO10/c1-4-7-10-13-16-19-22-25-27-29-30-31-32-33-35-37-40-43-46-49-52-55-62(72)78-65-64(74)63(73)61(56-69)77-67(65)76-57-58(59(70)53-50-47-44-41-38-24-21-18-15-12-9-6-3)68-66(75)60(71)54-51-48-45-42-39-36-34-28-26-23-20-17-14-11-8-5-2/h7,10,16,19,25,27,30-31,33,35,40,43,50,53,58-61,63-65,67,69-71,73-74H,4-6,8-9,11-15,17-18,20-24,26,28-29,32,34,36-39,41-42,44-49,51-52,54-57H2,1-3H3,(H,68,75)/b10-7-,19-16-,27-25-,31-30-,35-33-,43-40-,53-50+. The number of unbranched alkanes of at least 4 members (excludes halogenated alkanes) is 27. The van der Waals surface area contributed by atoms with Crippen molar-refractivity contribution in [1.82, 2.24) is 5.32 Å². The molecular weight excluding hydrogens is 979 g/mol. The van der Waals surface area contributed by atoms with Crippen LogP contribution in [0.25, 0.3) is 0 Å². The fourth-order valence-corrected chi connectivity index (χ4v) is 9.54. The summed E-state index contributed by atoms with van der Waals surface area (Å²) in [5, 5.41) is 57.0. The Morgan fingerprint density at radius 1 is 0.513 bits per heavy atom. The molecule has 0 spiro atoms. The van der Waals surface area contributed by atoms with Gasteiger partial charge in [-0.25, -0.2) is 0 Å². The van der Waals surface area contributed by atoms with E-state index in [2.05, 4.69) is 99.0 Å². The average molecular weight is 1100 g/mol. The summed E-state index contributed by atoms with van der Waals surface area (Å²) < 4.78 is 17.6. The monoisotopic (exact) mass is 1100 g/mol. The van der Waals surface area contributed by atoms with Gasteiger partial charge in [0.2, 0.25) is 5.91 Å². The van der Waals surface area contributed by atoms with Crippen LogP contribution in [0.1, 0.15) is 265 Å². The van der Waals surface area contributed by atoms with E-state index in [4.69, 9.17) is 14.2 Å². The van der Waals surface area contributed by atoms with Crippen LogP contribution in [-0.2, 0) is 23.8 Å². The van der Waals surface area contributed by atoms with E-state index in [-0.39, 0.29) is 19.4 Å². The number of amides is 1. The molecule has 0 radical (unpaired) electrons. The predicted molar refractivity (Wildman–Crippen MR) is 324 cm³/mol. The van der Waals surface area contributed by atoms with E-state index < -0.39 is 67.4 Å². The van der Waals surface area contributed by atoms with E-state index in [1.54, 1.807) is 6.08 Å². The second-order valence-corrected chi connectivity index (χ2v) is 21.8. The number of nitrogens with one attached hydrogen (secondary N) is 1. The van der Waals surface area contributed by atoms with Gasteiger partial charge in [-0.05, 0) is 77.0 Å². The third-order valence-corrected chi connectivity index (χ3v) is 14.6. The zero-order valence-corrected chi connectivity index (χ0v) is 49.8. The molecule has 1 fully saturated rings. The quantitative estimate of drug-likeness (QED) is 0.0195. The molecule has 0 aromatic carbocycles. The van der Waals surface area contributed by atoms with Gasteiger partial charge in [0.15, 0.2) is 12.4 Å². The van der Waals surface area contributed by atoms with Crippen molar-refractivity contribution < 1.29 is 49.3 Å². The van der Waals surface area contributed by atoms with Crippen molar-refractivity contribution in [1.29, 1.82) is 0 Å². The Kier molecular flexibility index (Phi) is 50.8. The van der Waals surface area contributed by atoms with Crippen molar-refractivity contribution in [3.63, 3.8) is 0 Å². The number of hydrogen-bond donors (Lipinski definition) is 6. The van der Waals surface area contributed by atoms with Crippen LogP contribution in [0.15, 0.2) is 85.1 Å². The Bertz CT molecular complexity index is 1590. The van der Waals surface area contributed by atoms with E-state index in [9.17, 15) is 35.1 Å². The molecule has 1 rings (SSSR count). The number of hydrogen-bond acceptors (Lipinski definition) is 10. The summed E-state index contributed by atoms with van der Waals surface area (Å²) in [6.45, 7) is 5.66. The molecule has 0 aromatic rings. The zero-order chi connectivity index (χ0) is 56.8. The molecule has 11 heteroatoms. The Balaban J connectivity index is 2.69. The van der Waals surface area contributed by atoms with Crippen molar-refractivity contribution in [2.24, 2.45) is 0 Å². The summed E-state index contributed by atoms with van der Waals surface area (Å²) in [7, 11) is 0. The highest BCUT2D eigenvalue weighted by Gasteiger charge is 2.47. The van der Waals surface area contributed by atoms with E-state index in [0.717, 1.165) is 89.9 Å². The minimum atomic E-state index is -1.64. The molecule has 1 amide bonds. The van der Waals surface area contributed by atoms with Crippen LogP contribution in [0.5, 0.6) is 0 Å². The minimum absolute atomic E-state index is 0.0661. The third-order valence-electron chi connectivity index (χ3n) is 14.6. The molecule has 1 aliphatic heterocycles. The van der Waals surface area contributed by atoms with Gasteiger partial charge in [-0.2, -0.15) is 0 Å². The van der Waals surface area contributed by atoms with Crippen LogP contribution in [0.4, 0.5) is 0 Å². The fourth-order valence-electron chi connectivity index (χ4n) is 9.54. The van der Waals surface area contributed by atoms with Crippen LogP contribution in [-0.4, -0.2) is 99.6 Å². The fraction of sp³-hybridized carbons (Fsp3) is 0.761. The first-order valence-corrected chi connectivity index (χ1v) is 31.9. The third kappa shape index (κ3) is 41.8. The first kappa shape index (κ1) is 72.9. The molecule has 0 aromatic heterocycles. The van der Waals surface area contributed by atoms with Gasteiger partial charge in [0, 0.05) is 6.42 Å². The maximum Gasteiger partial charge on any atom is 0.306 e. The molecule has 0 bridgehead atoms. The first-order valence-electron chi connectivity index (χ1n) is 31.9. The highest BCUT2D eigenvalue weighted by Crippen LogP contribution is 2.26. The molecule has 1 saturated heterocycles. The average Bonchev–Trinajstić information content (AvgIpc) is 3.45. The summed E-state index contributed by atoms with van der Waals surface area (Å²) in [6, 6.07) is -1.03. The van der Waals surface area contributed by atoms with Gasteiger partial charge in [-0.1, -0.05) is 266 Å². The molecule has 1 heterocycles. The molecule has 8 unspecified atom stereocenters. The molecule has 8 atom stereocenters. The maximum absolute atomic E-state index is 13.4. The van der Waals surface area contributed by atoms with Gasteiger partial charge in [0.25, 0.3) is 0 Å². The Morgan fingerprint density at radius 3 is 1.38 bits per heavy atom. The summed E-state index contributed by atoms with van der Waals surface area (Å²) >= 11 is 0. The largest absolute Gasteiger partial charge is 0.454 e. The minimum Gasteiger partial charge on any atom is -0.454 e. The number of aliphatic hydroxyl groups excluding tert-OH is 5. The summed E-state index contributed by atoms with van der Waals surface area (Å²) in [4.78, 5) is 26.6. The number of carbonyl (C=O) groups is 2. The van der Waals surface area contributed by atoms with Crippen LogP contribution in [0, 0.1) is 0 Å². The van der Waals surface area contributed by atoms with Gasteiger partial charge < -0.3 is 45.1 Å². The van der Waals surface area contributed by atoms with Crippen LogP contribution in [0.3, 0.4) is 0 Å². The van der Waals surface area contributed by atoms with Gasteiger partial charge >= 0.3 is 5.97 Å². The van der Waals surface area contributed by atoms with E-state index in [0.29, 0.717) is 12.8 Å². The van der Waals surface area contributed by atoms with Gasteiger partial charge in [-0.15, -0.1) is 0 Å². The topological polar surface area (TPSA) is 175 Å². The summed E-state index contributed by atoms with van der Waals surface area (Å²) in [5.74, 6) is -1.24. The first-order chi connectivity index (χ1) is 38.2. The van der Waals surface area contributed by atoms with Crippen molar-refractivity contribution in [2.75, 3.05) is 13.2 Å². The Hall–Kier alpha value is -3.16. The Labute approximate surface area is 476 Å². The summed E-state index contributed by atoms with van der Waals surface area (Å²) in [5.41, 5.74) is 0. The molecule has 450 valence electrons. The number of allylic oxidation sites excluding steroid dienone is 13. The van der Waals surface area contributed by atoms with Crippen molar-refractivity contribution >= 4 is 11.9 Å². The lowest BCUT2D eigenvalue weighted by atomic mass is 9.99. The molecule has 1 aliphatic rings. The van der Waals surface area contributed by atoms with Crippen molar-refractivity contribution in [2.45, 2.75) is 314 Å². The Morgan fingerprint density at radius 2 is 0.923 bits per heavy atom. The van der Waals surface area contributed by atoms with Crippen molar-refractivity contribution in [3.8, 4) is 0 Å². The number of rotatable bonds is 53. The second kappa shape index (κ2) is 54.4. The van der Waals surface area contributed by atoms with E-state index in [1.807, 2.05) is 6.08 Å². The van der Waals surface area contributed by atoms with Crippen LogP contribution in [0.2, 0.25) is 0 Å². The highest BCUT2D eigenvalue weighted by molar-refractivity contribution is 5.80. The predicted octanol–water partition coefficient (Wildman–Crippen LogP) is 15.3. The normalized spacial score (nSPS) is 19.5. The molecule has 78 heavy (non-hydrogen) atoms. The molecule has 6 N–H and O–H groups in total. The maximum atomic E-state index is 13.4. The second-order valence-electron chi connectivity index (χ2n) is 21.8. The number of carbonyl (C=O) groups excluding carboxylic acids is 2. The smallest absolute Gasteiger partial charge is 0.306 e. The number of aliphatic hydroxyl groups is 5. The van der Waals surface area contributed by atoms with Crippen LogP contribution >= 0.6 is 0 Å². The summed E-state index contributed by atoms with van der Waals surface area (Å²) in [6.07, 6.45) is 60.5. The zero-order valence-electron chi connectivity index (χ0n) is 49.8. The van der Waals surface area contributed by atoms with E-state index >= 15 is 0 Å². The van der Waals surface area contributed by atoms with E-state index in [1.165, 1.54) is 128 Å². The number of ether oxygens (including phenoxy) is 3. The SMILES string of the molecule is CC/C=C\C/C=C\C/C=C\C/C=C\C/C=C\C/C=C\CCCCC(=O)OC1C(OCC(NC(=O)C(O)CCCCCCCCCCCCCCCCCC)C(O)/C=C/CCCCCCCCCCCC)OC(CO)C(O)C1O. The lowest BCUT2D eigenvalue weighted by molar-refractivity contribution is -0.305. The molecular formula is C67H117NO10. The lowest BCUT2D eigenvalue weighted by Crippen LogP contribution is -2.61. The number of esters is 1.